The van der Waals surface area contributed by atoms with Crippen molar-refractivity contribution in [3.63, 3.8) is 0 Å². The normalized spacial score (nSPS) is 11.0. The van der Waals surface area contributed by atoms with Crippen LogP contribution >= 0.6 is 15.9 Å². The summed E-state index contributed by atoms with van der Waals surface area (Å²) in [5.74, 6) is 0.271. The highest BCUT2D eigenvalue weighted by Crippen LogP contribution is 2.29. The van der Waals surface area contributed by atoms with Gasteiger partial charge < -0.3 is 20.1 Å². The zero-order valence-corrected chi connectivity index (χ0v) is 19.3. The Bertz CT molecular complexity index is 1510. The molecule has 0 bridgehead atoms. The predicted molar refractivity (Wildman–Crippen MR) is 127 cm³/mol. The summed E-state index contributed by atoms with van der Waals surface area (Å²) in [6, 6.07) is 14.2. The number of aromatic nitrogens is 6. The number of nitrogens with one attached hydrogen (secondary N) is 4. The third-order valence-corrected chi connectivity index (χ3v) is 5.51. The fourth-order valence-corrected chi connectivity index (χ4v) is 3.88. The number of amides is 2. The lowest BCUT2D eigenvalue weighted by Gasteiger charge is -2.09. The minimum absolute atomic E-state index is 0.0497. The molecule has 2 aromatic carbocycles. The maximum atomic E-state index is 13.0. The van der Waals surface area contributed by atoms with E-state index in [1.165, 1.54) is 0 Å². The van der Waals surface area contributed by atoms with Crippen molar-refractivity contribution >= 4 is 50.0 Å². The van der Waals surface area contributed by atoms with Gasteiger partial charge in [-0.2, -0.15) is 0 Å². The Kier molecular flexibility index (Phi) is 5.64. The number of aryl methyl sites for hydroxylation is 1. The minimum atomic E-state index is -0.360. The molecule has 11 nitrogen and oxygen atoms in total. The lowest BCUT2D eigenvalue weighted by molar-refractivity contribution is -0.115. The Morgan fingerprint density at radius 3 is 2.74 bits per heavy atom. The second kappa shape index (κ2) is 8.90. The molecule has 5 aromatic rings. The second-order valence-electron chi connectivity index (χ2n) is 7.51. The Labute approximate surface area is 200 Å². The van der Waals surface area contributed by atoms with Crippen LogP contribution in [-0.4, -0.2) is 42.6 Å². The average Bonchev–Trinajstić information content (AvgIpc) is 3.56. The number of aromatic amines is 2. The van der Waals surface area contributed by atoms with Crippen molar-refractivity contribution in [3.05, 3.63) is 70.2 Å². The summed E-state index contributed by atoms with van der Waals surface area (Å²) >= 11 is 3.42. The number of para-hydroxylation sites is 1. The number of carbonyl (C=O) groups is 2. The lowest BCUT2D eigenvalue weighted by Crippen LogP contribution is -2.14. The first kappa shape index (κ1) is 21.5. The highest BCUT2D eigenvalue weighted by atomic mass is 79.9. The van der Waals surface area contributed by atoms with Crippen LogP contribution in [0.4, 0.5) is 11.4 Å². The Balaban J connectivity index is 1.38. The van der Waals surface area contributed by atoms with Crippen molar-refractivity contribution in [2.75, 3.05) is 10.6 Å². The van der Waals surface area contributed by atoms with Gasteiger partial charge in [0.25, 0.3) is 5.91 Å². The van der Waals surface area contributed by atoms with Crippen molar-refractivity contribution in [2.24, 2.45) is 0 Å². The van der Waals surface area contributed by atoms with Gasteiger partial charge >= 0.3 is 0 Å². The second-order valence-corrected chi connectivity index (χ2v) is 8.42. The molecule has 0 unspecified atom stereocenters. The molecule has 170 valence electrons. The zero-order valence-electron chi connectivity index (χ0n) is 17.7. The maximum Gasteiger partial charge on any atom is 0.272 e. The summed E-state index contributed by atoms with van der Waals surface area (Å²) in [4.78, 5) is 28.6. The molecule has 0 aliphatic heterocycles. The van der Waals surface area contributed by atoms with Gasteiger partial charge in [-0.15, -0.1) is 5.10 Å². The average molecular weight is 521 g/mol. The van der Waals surface area contributed by atoms with Crippen molar-refractivity contribution in [1.29, 1.82) is 0 Å². The van der Waals surface area contributed by atoms with E-state index < -0.39 is 0 Å². The third kappa shape index (κ3) is 4.43. The molecular formula is C22H17BrN8O3. The van der Waals surface area contributed by atoms with Gasteiger partial charge in [0.1, 0.15) is 11.5 Å². The van der Waals surface area contributed by atoms with Crippen LogP contribution < -0.4 is 10.6 Å². The quantitative estimate of drug-likeness (QED) is 0.265. The van der Waals surface area contributed by atoms with E-state index in [4.69, 9.17) is 4.52 Å². The molecule has 5 rings (SSSR count). The van der Waals surface area contributed by atoms with E-state index in [1.54, 1.807) is 49.4 Å². The van der Waals surface area contributed by atoms with E-state index in [9.17, 15) is 9.59 Å². The predicted octanol–water partition coefficient (Wildman–Crippen LogP) is 3.84. The fourth-order valence-electron chi connectivity index (χ4n) is 3.52. The molecule has 0 spiro atoms. The van der Waals surface area contributed by atoms with Gasteiger partial charge in [0, 0.05) is 21.5 Å². The molecule has 3 heterocycles. The van der Waals surface area contributed by atoms with Gasteiger partial charge in [0.05, 0.1) is 29.0 Å². The molecule has 34 heavy (non-hydrogen) atoms. The van der Waals surface area contributed by atoms with E-state index in [0.717, 1.165) is 9.86 Å². The van der Waals surface area contributed by atoms with E-state index in [0.29, 0.717) is 45.4 Å². The Morgan fingerprint density at radius 1 is 1.09 bits per heavy atom. The summed E-state index contributed by atoms with van der Waals surface area (Å²) in [5, 5.41) is 24.1. The number of hydrogen-bond acceptors (Lipinski definition) is 7. The number of nitrogens with zero attached hydrogens (tertiary/aromatic N) is 4. The largest absolute Gasteiger partial charge is 0.361 e. The first-order valence-electron chi connectivity index (χ1n) is 10.1. The molecule has 0 aliphatic carbocycles. The van der Waals surface area contributed by atoms with Crippen molar-refractivity contribution in [1.82, 2.24) is 30.8 Å². The number of carbonyl (C=O) groups excluding carboxylic acids is 2. The lowest BCUT2D eigenvalue weighted by atomic mass is 10.1. The number of hydrogen-bond donors (Lipinski definition) is 4. The summed E-state index contributed by atoms with van der Waals surface area (Å²) in [6.07, 6.45) is 0.0497. The summed E-state index contributed by atoms with van der Waals surface area (Å²) in [7, 11) is 0. The van der Waals surface area contributed by atoms with Crippen LogP contribution in [0.3, 0.4) is 0 Å². The number of H-pyrrole nitrogens is 2. The summed E-state index contributed by atoms with van der Waals surface area (Å²) in [6.45, 7) is 1.79. The van der Waals surface area contributed by atoms with Crippen LogP contribution in [0, 0.1) is 6.92 Å². The maximum absolute atomic E-state index is 13.0. The number of benzene rings is 2. The summed E-state index contributed by atoms with van der Waals surface area (Å²) in [5.41, 5.74) is 3.37. The fraction of sp³-hybridized carbons (Fsp3) is 0.0909. The van der Waals surface area contributed by atoms with Crippen molar-refractivity contribution < 1.29 is 14.1 Å². The summed E-state index contributed by atoms with van der Waals surface area (Å²) < 4.78 is 5.92. The minimum Gasteiger partial charge on any atom is -0.361 e. The molecule has 12 heteroatoms. The van der Waals surface area contributed by atoms with Gasteiger partial charge in [-0.25, -0.2) is 5.10 Å². The Hall–Kier alpha value is -4.32. The highest BCUT2D eigenvalue weighted by Gasteiger charge is 2.17. The van der Waals surface area contributed by atoms with Crippen molar-refractivity contribution in [3.8, 4) is 11.4 Å². The van der Waals surface area contributed by atoms with Gasteiger partial charge in [-0.3, -0.25) is 9.59 Å². The molecule has 0 aliphatic rings. The van der Waals surface area contributed by atoms with Gasteiger partial charge in [-0.1, -0.05) is 33.2 Å². The molecule has 0 saturated carbocycles. The van der Waals surface area contributed by atoms with E-state index in [-0.39, 0.29) is 18.2 Å². The monoisotopic (exact) mass is 520 g/mol. The van der Waals surface area contributed by atoms with Crippen LogP contribution in [0.25, 0.3) is 22.3 Å². The standard InChI is InChI=1S/C22H17BrN8O3/c1-11-7-14(34-29-11)10-19(32)24-17-4-2-3-12-8-18(25-20(12)17)22(33)26-16-6-5-13(23)9-15(16)21-27-30-31-28-21/h2-9,25H,10H2,1H3,(H,24,32)(H,26,33)(H,27,28,30,31). The third-order valence-electron chi connectivity index (χ3n) is 5.02. The van der Waals surface area contributed by atoms with E-state index in [2.05, 4.69) is 57.3 Å². The zero-order chi connectivity index (χ0) is 23.7. The molecule has 0 atom stereocenters. The van der Waals surface area contributed by atoms with Crippen molar-refractivity contribution in [2.45, 2.75) is 13.3 Å². The SMILES string of the molecule is Cc1cc(CC(=O)Nc2cccc3cc(C(=O)Nc4ccc(Br)cc4-c4nnn[nH]4)[nH]c23)on1. The van der Waals surface area contributed by atoms with Crippen LogP contribution in [0.2, 0.25) is 0 Å². The first-order valence-corrected chi connectivity index (χ1v) is 10.9. The molecule has 2 amide bonds. The van der Waals surface area contributed by atoms with Crippen LogP contribution in [0.1, 0.15) is 21.9 Å². The van der Waals surface area contributed by atoms with Crippen LogP contribution in [-0.2, 0) is 11.2 Å². The molecule has 0 fully saturated rings. The van der Waals surface area contributed by atoms with E-state index in [1.807, 2.05) is 6.07 Å². The molecule has 3 aromatic heterocycles. The smallest absolute Gasteiger partial charge is 0.272 e. The molecule has 0 saturated heterocycles. The highest BCUT2D eigenvalue weighted by molar-refractivity contribution is 9.10. The Morgan fingerprint density at radius 2 is 1.97 bits per heavy atom. The number of halogens is 1. The number of tetrazole rings is 1. The number of fused-ring (bicyclic) bond motifs is 1. The molecule has 4 N–H and O–H groups in total. The van der Waals surface area contributed by atoms with Gasteiger partial charge in [0.15, 0.2) is 5.82 Å². The van der Waals surface area contributed by atoms with Gasteiger partial charge in [0.2, 0.25) is 5.91 Å². The molecule has 0 radical (unpaired) electrons. The van der Waals surface area contributed by atoms with Gasteiger partial charge in [-0.05, 0) is 47.7 Å². The number of anilines is 2. The molecular weight excluding hydrogens is 504 g/mol. The topological polar surface area (TPSA) is 154 Å². The number of rotatable bonds is 6. The van der Waals surface area contributed by atoms with E-state index >= 15 is 0 Å². The van der Waals surface area contributed by atoms with Crippen LogP contribution in [0.5, 0.6) is 0 Å². The first-order chi connectivity index (χ1) is 16.5. The van der Waals surface area contributed by atoms with Crippen LogP contribution in [0.15, 0.2) is 57.5 Å².